The summed E-state index contributed by atoms with van der Waals surface area (Å²) in [6.45, 7) is 8.28. The van der Waals surface area contributed by atoms with Gasteiger partial charge in [0.2, 0.25) is 5.95 Å². The van der Waals surface area contributed by atoms with Gasteiger partial charge in [0.1, 0.15) is 12.3 Å². The lowest BCUT2D eigenvalue weighted by molar-refractivity contribution is 0.252. The highest BCUT2D eigenvalue weighted by atomic mass is 19.1. The molecule has 0 radical (unpaired) electrons. The summed E-state index contributed by atoms with van der Waals surface area (Å²) < 4.78 is 35.4. The van der Waals surface area contributed by atoms with Crippen LogP contribution in [0.1, 0.15) is 31.9 Å². The molecule has 0 spiro atoms. The predicted octanol–water partition coefficient (Wildman–Crippen LogP) is 4.81. The molecule has 1 unspecified atom stereocenters. The minimum atomic E-state index is -0.615. The Morgan fingerprint density at radius 1 is 1.15 bits per heavy atom. The van der Waals surface area contributed by atoms with Crippen molar-refractivity contribution in [2.24, 2.45) is 0 Å². The van der Waals surface area contributed by atoms with E-state index in [1.54, 1.807) is 6.07 Å². The number of fused-ring (bicyclic) bond motifs is 2. The largest absolute Gasteiger partial charge is 0.486 e. The van der Waals surface area contributed by atoms with E-state index in [0.29, 0.717) is 17.9 Å². The van der Waals surface area contributed by atoms with Crippen molar-refractivity contribution in [2.45, 2.75) is 45.8 Å². The number of ether oxygens (including phenoxy) is 1. The first-order chi connectivity index (χ1) is 15.9. The zero-order valence-electron chi connectivity index (χ0n) is 19.0. The molecule has 172 valence electrons. The monoisotopic (exact) mass is 451 g/mol. The van der Waals surface area contributed by atoms with E-state index in [0.717, 1.165) is 31.4 Å². The van der Waals surface area contributed by atoms with Gasteiger partial charge >= 0.3 is 0 Å². The molecule has 6 nitrogen and oxygen atoms in total. The highest BCUT2D eigenvalue weighted by molar-refractivity contribution is 5.73. The van der Waals surface area contributed by atoms with Gasteiger partial charge < -0.3 is 20.3 Å². The van der Waals surface area contributed by atoms with Crippen molar-refractivity contribution in [3.8, 4) is 17.0 Å². The third kappa shape index (κ3) is 4.11. The summed E-state index contributed by atoms with van der Waals surface area (Å²) in [4.78, 5) is 10.6. The number of rotatable bonds is 4. The Morgan fingerprint density at radius 2 is 2.00 bits per heavy atom. The quantitative estimate of drug-likeness (QED) is 0.594. The summed E-state index contributed by atoms with van der Waals surface area (Å²) in [6.07, 6.45) is 2.10. The van der Waals surface area contributed by atoms with Crippen LogP contribution >= 0.6 is 0 Å². The Labute approximate surface area is 192 Å². The zero-order chi connectivity index (χ0) is 23.1. The summed E-state index contributed by atoms with van der Waals surface area (Å²) in [6, 6.07) is 9.31. The van der Waals surface area contributed by atoms with Crippen LogP contribution in [0.15, 0.2) is 36.5 Å². The molecular weight excluding hydrogens is 424 g/mol. The molecule has 2 aromatic carbocycles. The van der Waals surface area contributed by atoms with Crippen LogP contribution in [0.4, 0.5) is 26.1 Å². The average Bonchev–Trinajstić information content (AvgIpc) is 2.79. The molecule has 2 aliphatic heterocycles. The molecule has 0 amide bonds. The van der Waals surface area contributed by atoms with E-state index in [1.807, 2.05) is 32.9 Å². The lowest BCUT2D eigenvalue weighted by atomic mass is 10.0. The molecule has 2 N–H and O–H groups in total. The number of aromatic nitrogens is 2. The summed E-state index contributed by atoms with van der Waals surface area (Å²) in [7, 11) is 0. The van der Waals surface area contributed by atoms with Crippen molar-refractivity contribution in [2.75, 3.05) is 23.4 Å². The van der Waals surface area contributed by atoms with Gasteiger partial charge in [-0.1, -0.05) is 6.07 Å². The van der Waals surface area contributed by atoms with E-state index >= 15 is 0 Å². The standard InChI is InChI=1S/C25H27F2N5O/c1-14(2)32-15(3)13-33-24-20(26)9-17(10-22(24)32)23-21(27)12-29-25(31-23)30-19-5-4-16-6-7-28-11-18(16)8-19/h4-5,8-10,12,14-15,28H,6-7,11,13H2,1-3H3,(H,29,30,31). The van der Waals surface area contributed by atoms with E-state index < -0.39 is 11.6 Å². The third-order valence-electron chi connectivity index (χ3n) is 6.17. The molecule has 0 saturated carbocycles. The van der Waals surface area contributed by atoms with Gasteiger partial charge in [-0.25, -0.2) is 18.7 Å². The number of hydrogen-bond donors (Lipinski definition) is 2. The van der Waals surface area contributed by atoms with Crippen LogP contribution in [0.5, 0.6) is 5.75 Å². The van der Waals surface area contributed by atoms with Crippen molar-refractivity contribution >= 4 is 17.3 Å². The van der Waals surface area contributed by atoms with Gasteiger partial charge in [-0.2, -0.15) is 0 Å². The molecule has 2 aliphatic rings. The highest BCUT2D eigenvalue weighted by Crippen LogP contribution is 2.41. The van der Waals surface area contributed by atoms with Crippen molar-refractivity contribution in [1.29, 1.82) is 0 Å². The zero-order valence-corrected chi connectivity index (χ0v) is 19.0. The summed E-state index contributed by atoms with van der Waals surface area (Å²) in [5.74, 6) is -0.704. The number of nitrogens with one attached hydrogen (secondary N) is 2. The summed E-state index contributed by atoms with van der Waals surface area (Å²) in [5.41, 5.74) is 4.33. The van der Waals surface area contributed by atoms with Crippen LogP contribution in [0.2, 0.25) is 0 Å². The molecule has 0 saturated heterocycles. The second-order valence-corrected chi connectivity index (χ2v) is 8.89. The number of halogens is 2. The Hall–Kier alpha value is -3.26. The first-order valence-electron chi connectivity index (χ1n) is 11.3. The van der Waals surface area contributed by atoms with E-state index in [1.165, 1.54) is 17.2 Å². The smallest absolute Gasteiger partial charge is 0.227 e. The fraction of sp³-hybridized carbons (Fsp3) is 0.360. The molecule has 8 heteroatoms. The Morgan fingerprint density at radius 3 is 2.82 bits per heavy atom. The van der Waals surface area contributed by atoms with Gasteiger partial charge in [-0.15, -0.1) is 0 Å². The van der Waals surface area contributed by atoms with Crippen LogP contribution in [-0.2, 0) is 13.0 Å². The highest BCUT2D eigenvalue weighted by Gasteiger charge is 2.30. The van der Waals surface area contributed by atoms with Crippen molar-refractivity contribution in [3.05, 3.63) is 59.3 Å². The van der Waals surface area contributed by atoms with Gasteiger partial charge in [-0.05, 0) is 69.1 Å². The van der Waals surface area contributed by atoms with E-state index in [9.17, 15) is 8.78 Å². The van der Waals surface area contributed by atoms with Gasteiger partial charge in [0, 0.05) is 23.8 Å². The van der Waals surface area contributed by atoms with Gasteiger partial charge in [0.25, 0.3) is 0 Å². The minimum absolute atomic E-state index is 0.0377. The second kappa shape index (κ2) is 8.59. The first kappa shape index (κ1) is 21.6. The molecule has 1 atom stereocenters. The van der Waals surface area contributed by atoms with Crippen LogP contribution in [0.25, 0.3) is 11.3 Å². The predicted molar refractivity (Wildman–Crippen MR) is 125 cm³/mol. The number of nitrogens with zero attached hydrogens (tertiary/aromatic N) is 3. The molecule has 0 aliphatic carbocycles. The fourth-order valence-electron chi connectivity index (χ4n) is 4.68. The maximum atomic E-state index is 15.0. The van der Waals surface area contributed by atoms with Crippen molar-refractivity contribution in [1.82, 2.24) is 15.3 Å². The maximum Gasteiger partial charge on any atom is 0.227 e. The average molecular weight is 452 g/mol. The molecular formula is C25H27F2N5O. The Balaban J connectivity index is 1.50. The molecule has 3 aromatic rings. The minimum Gasteiger partial charge on any atom is -0.486 e. The Kier molecular flexibility index (Phi) is 5.62. The first-order valence-corrected chi connectivity index (χ1v) is 11.3. The van der Waals surface area contributed by atoms with Crippen LogP contribution in [0, 0.1) is 11.6 Å². The van der Waals surface area contributed by atoms with E-state index in [-0.39, 0.29) is 29.5 Å². The number of benzene rings is 2. The third-order valence-corrected chi connectivity index (χ3v) is 6.17. The van der Waals surface area contributed by atoms with Gasteiger partial charge in [0.15, 0.2) is 17.4 Å². The Bertz CT molecular complexity index is 1200. The molecule has 5 rings (SSSR count). The van der Waals surface area contributed by atoms with Crippen molar-refractivity contribution < 1.29 is 13.5 Å². The maximum absolute atomic E-state index is 15.0. The fourth-order valence-corrected chi connectivity index (χ4v) is 4.68. The number of hydrogen-bond acceptors (Lipinski definition) is 6. The van der Waals surface area contributed by atoms with Crippen LogP contribution in [0.3, 0.4) is 0 Å². The lowest BCUT2D eigenvalue weighted by Crippen LogP contribution is -2.45. The molecule has 0 bridgehead atoms. The lowest BCUT2D eigenvalue weighted by Gasteiger charge is -2.40. The SMILES string of the molecule is CC(C)N1c2cc(-c3nc(Nc4ccc5c(c4)CNCC5)ncc3F)cc(F)c2OCC1C. The second-order valence-electron chi connectivity index (χ2n) is 8.89. The van der Waals surface area contributed by atoms with Crippen LogP contribution in [-0.4, -0.2) is 35.2 Å². The van der Waals surface area contributed by atoms with E-state index in [2.05, 4.69) is 31.6 Å². The van der Waals surface area contributed by atoms with E-state index in [4.69, 9.17) is 4.74 Å². The summed E-state index contributed by atoms with van der Waals surface area (Å²) >= 11 is 0. The topological polar surface area (TPSA) is 62.3 Å². The summed E-state index contributed by atoms with van der Waals surface area (Å²) in [5, 5.41) is 6.51. The number of anilines is 3. The normalized spacial score (nSPS) is 17.4. The molecule has 33 heavy (non-hydrogen) atoms. The van der Waals surface area contributed by atoms with Crippen LogP contribution < -0.4 is 20.3 Å². The van der Waals surface area contributed by atoms with Crippen molar-refractivity contribution in [3.63, 3.8) is 0 Å². The molecule has 0 fully saturated rings. The van der Waals surface area contributed by atoms with Gasteiger partial charge in [0.05, 0.1) is 17.9 Å². The van der Waals surface area contributed by atoms with Gasteiger partial charge in [-0.3, -0.25) is 0 Å². The molecule has 3 heterocycles. The molecule has 1 aromatic heterocycles.